The summed E-state index contributed by atoms with van der Waals surface area (Å²) < 4.78 is 20.8. The van der Waals surface area contributed by atoms with E-state index >= 15 is 0 Å². The standard InChI is InChI=1S/C19H33N3O5.HI/c1-5-20-19(21-7-6-8-27-10-9-24-2)22-14-18(23)15-11-16(25-3)13-17(12-15)26-4;/h11-13,18,23H,5-10,14H2,1-4H3,(H2,20,21,22);1H. The molecule has 162 valence electrons. The Hall–Kier alpha value is -1.30. The van der Waals surface area contributed by atoms with E-state index in [1.54, 1.807) is 39.5 Å². The molecule has 3 N–H and O–H groups in total. The molecule has 0 aliphatic heterocycles. The maximum atomic E-state index is 10.5. The molecule has 0 radical (unpaired) electrons. The number of hydrogen-bond donors (Lipinski definition) is 3. The molecule has 0 bridgehead atoms. The predicted octanol–water partition coefficient (Wildman–Crippen LogP) is 1.96. The van der Waals surface area contributed by atoms with Crippen molar-refractivity contribution < 1.29 is 24.1 Å². The number of aliphatic hydroxyl groups excluding tert-OH is 1. The summed E-state index contributed by atoms with van der Waals surface area (Å²) in [5.74, 6) is 1.92. The molecule has 0 spiro atoms. The van der Waals surface area contributed by atoms with Crippen LogP contribution >= 0.6 is 24.0 Å². The fraction of sp³-hybridized carbons (Fsp3) is 0.632. The first-order chi connectivity index (χ1) is 13.1. The Morgan fingerprint density at radius 1 is 1.04 bits per heavy atom. The van der Waals surface area contributed by atoms with E-state index in [-0.39, 0.29) is 30.5 Å². The van der Waals surface area contributed by atoms with Crippen LogP contribution in [0.5, 0.6) is 11.5 Å². The van der Waals surface area contributed by atoms with Crippen LogP contribution in [0.1, 0.15) is 25.0 Å². The second kappa shape index (κ2) is 16.6. The van der Waals surface area contributed by atoms with Crippen molar-refractivity contribution in [1.29, 1.82) is 0 Å². The van der Waals surface area contributed by atoms with Gasteiger partial charge in [-0.2, -0.15) is 0 Å². The number of aliphatic imine (C=N–C) groups is 1. The minimum atomic E-state index is -0.762. The molecular formula is C19H34IN3O5. The molecule has 0 heterocycles. The molecule has 1 rings (SSSR count). The lowest BCUT2D eigenvalue weighted by Gasteiger charge is -2.15. The topological polar surface area (TPSA) is 93.6 Å². The molecule has 1 atom stereocenters. The number of ether oxygens (including phenoxy) is 4. The number of rotatable bonds is 13. The molecule has 0 aliphatic rings. The van der Waals surface area contributed by atoms with Gasteiger partial charge in [-0.15, -0.1) is 24.0 Å². The Morgan fingerprint density at radius 2 is 1.71 bits per heavy atom. The number of methoxy groups -OCH3 is 3. The molecular weight excluding hydrogens is 477 g/mol. The van der Waals surface area contributed by atoms with Gasteiger partial charge in [0.05, 0.1) is 40.1 Å². The largest absolute Gasteiger partial charge is 0.497 e. The Morgan fingerprint density at radius 3 is 2.29 bits per heavy atom. The van der Waals surface area contributed by atoms with Gasteiger partial charge in [0.25, 0.3) is 0 Å². The van der Waals surface area contributed by atoms with E-state index in [2.05, 4.69) is 15.6 Å². The lowest BCUT2D eigenvalue weighted by Crippen LogP contribution is -2.38. The minimum absolute atomic E-state index is 0. The fourth-order valence-corrected chi connectivity index (χ4v) is 2.27. The quantitative estimate of drug-likeness (QED) is 0.161. The van der Waals surface area contributed by atoms with Crippen molar-refractivity contribution in [2.45, 2.75) is 19.4 Å². The van der Waals surface area contributed by atoms with Gasteiger partial charge in [0.15, 0.2) is 5.96 Å². The van der Waals surface area contributed by atoms with Gasteiger partial charge in [0.1, 0.15) is 11.5 Å². The van der Waals surface area contributed by atoms with Crippen LogP contribution < -0.4 is 20.1 Å². The number of aliphatic hydroxyl groups is 1. The van der Waals surface area contributed by atoms with Crippen molar-refractivity contribution in [2.75, 3.05) is 60.8 Å². The third-order valence-corrected chi connectivity index (χ3v) is 3.71. The SMILES string of the molecule is CCNC(=NCC(O)c1cc(OC)cc(OC)c1)NCCCOCCOC.I. The van der Waals surface area contributed by atoms with E-state index in [0.29, 0.717) is 42.8 Å². The normalized spacial score (nSPS) is 12.1. The third-order valence-electron chi connectivity index (χ3n) is 3.71. The number of guanidine groups is 1. The van der Waals surface area contributed by atoms with E-state index < -0.39 is 6.10 Å². The maximum absolute atomic E-state index is 10.5. The van der Waals surface area contributed by atoms with E-state index in [9.17, 15) is 5.11 Å². The van der Waals surface area contributed by atoms with Gasteiger partial charge in [0.2, 0.25) is 0 Å². The van der Waals surface area contributed by atoms with E-state index in [1.165, 1.54) is 0 Å². The summed E-state index contributed by atoms with van der Waals surface area (Å²) in [6.45, 7) is 5.53. The molecule has 0 fully saturated rings. The van der Waals surface area contributed by atoms with Crippen LogP contribution in [0.25, 0.3) is 0 Å². The van der Waals surface area contributed by atoms with E-state index in [0.717, 1.165) is 19.5 Å². The molecule has 8 nitrogen and oxygen atoms in total. The van der Waals surface area contributed by atoms with Crippen molar-refractivity contribution in [1.82, 2.24) is 10.6 Å². The molecule has 1 aromatic rings. The van der Waals surface area contributed by atoms with Crippen LogP contribution in [0.2, 0.25) is 0 Å². The number of benzene rings is 1. The number of hydrogen-bond acceptors (Lipinski definition) is 6. The summed E-state index contributed by atoms with van der Waals surface area (Å²) in [6, 6.07) is 5.32. The molecule has 9 heteroatoms. The second-order valence-corrected chi connectivity index (χ2v) is 5.77. The first-order valence-corrected chi connectivity index (χ1v) is 9.14. The summed E-state index contributed by atoms with van der Waals surface area (Å²) in [6.07, 6.45) is 0.0888. The summed E-state index contributed by atoms with van der Waals surface area (Å²) in [7, 11) is 4.81. The van der Waals surface area contributed by atoms with Crippen LogP contribution in [0.3, 0.4) is 0 Å². The van der Waals surface area contributed by atoms with Crippen molar-refractivity contribution in [3.63, 3.8) is 0 Å². The monoisotopic (exact) mass is 511 g/mol. The zero-order valence-corrected chi connectivity index (χ0v) is 19.5. The minimum Gasteiger partial charge on any atom is -0.497 e. The molecule has 0 saturated carbocycles. The molecule has 28 heavy (non-hydrogen) atoms. The smallest absolute Gasteiger partial charge is 0.191 e. The number of nitrogens with zero attached hydrogens (tertiary/aromatic N) is 1. The van der Waals surface area contributed by atoms with Gasteiger partial charge in [-0.1, -0.05) is 0 Å². The lowest BCUT2D eigenvalue weighted by molar-refractivity contribution is 0.0698. The van der Waals surface area contributed by atoms with Crippen molar-refractivity contribution in [3.8, 4) is 11.5 Å². The van der Waals surface area contributed by atoms with Gasteiger partial charge in [0, 0.05) is 32.9 Å². The molecule has 0 aromatic heterocycles. The van der Waals surface area contributed by atoms with Gasteiger partial charge >= 0.3 is 0 Å². The summed E-state index contributed by atoms with van der Waals surface area (Å²) in [5, 5.41) is 16.9. The van der Waals surface area contributed by atoms with Gasteiger partial charge in [-0.05, 0) is 31.0 Å². The highest BCUT2D eigenvalue weighted by atomic mass is 127. The average Bonchev–Trinajstić information content (AvgIpc) is 2.70. The van der Waals surface area contributed by atoms with Crippen LogP contribution in [0.15, 0.2) is 23.2 Å². The predicted molar refractivity (Wildman–Crippen MR) is 121 cm³/mol. The first kappa shape index (κ1) is 26.7. The molecule has 0 aliphatic carbocycles. The van der Waals surface area contributed by atoms with Crippen LogP contribution in [0.4, 0.5) is 0 Å². The Kier molecular flexibility index (Phi) is 15.9. The number of halogens is 1. The summed E-state index contributed by atoms with van der Waals surface area (Å²) in [4.78, 5) is 4.45. The third kappa shape index (κ3) is 10.9. The van der Waals surface area contributed by atoms with Crippen LogP contribution in [-0.2, 0) is 9.47 Å². The van der Waals surface area contributed by atoms with Crippen molar-refractivity contribution in [3.05, 3.63) is 23.8 Å². The maximum Gasteiger partial charge on any atom is 0.191 e. The summed E-state index contributed by atoms with van der Waals surface area (Å²) >= 11 is 0. The summed E-state index contributed by atoms with van der Waals surface area (Å²) in [5.41, 5.74) is 0.692. The molecule has 0 amide bonds. The fourth-order valence-electron chi connectivity index (χ4n) is 2.27. The van der Waals surface area contributed by atoms with E-state index in [4.69, 9.17) is 18.9 Å². The second-order valence-electron chi connectivity index (χ2n) is 5.77. The Labute approximate surface area is 185 Å². The van der Waals surface area contributed by atoms with Gasteiger partial charge in [-0.3, -0.25) is 4.99 Å². The highest BCUT2D eigenvalue weighted by Crippen LogP contribution is 2.26. The van der Waals surface area contributed by atoms with Crippen LogP contribution in [0, 0.1) is 0 Å². The first-order valence-electron chi connectivity index (χ1n) is 9.14. The average molecular weight is 511 g/mol. The van der Waals surface area contributed by atoms with Crippen LogP contribution in [-0.4, -0.2) is 71.9 Å². The number of nitrogens with one attached hydrogen (secondary N) is 2. The van der Waals surface area contributed by atoms with Gasteiger partial charge in [-0.25, -0.2) is 0 Å². The highest BCUT2D eigenvalue weighted by Gasteiger charge is 2.11. The molecule has 1 unspecified atom stereocenters. The lowest BCUT2D eigenvalue weighted by atomic mass is 10.1. The molecule has 1 aromatic carbocycles. The Balaban J connectivity index is 0.00000729. The van der Waals surface area contributed by atoms with Gasteiger partial charge < -0.3 is 34.7 Å². The zero-order valence-electron chi connectivity index (χ0n) is 17.2. The van der Waals surface area contributed by atoms with Crippen molar-refractivity contribution >= 4 is 29.9 Å². The van der Waals surface area contributed by atoms with Crippen molar-refractivity contribution in [2.24, 2.45) is 4.99 Å². The molecule has 0 saturated heterocycles. The Bertz CT molecular complexity index is 538. The zero-order chi connectivity index (χ0) is 19.9. The van der Waals surface area contributed by atoms with E-state index in [1.807, 2.05) is 6.92 Å². The highest BCUT2D eigenvalue weighted by molar-refractivity contribution is 14.0.